The predicted molar refractivity (Wildman–Crippen MR) is 177 cm³/mol. The van der Waals surface area contributed by atoms with Crippen LogP contribution in [0.4, 0.5) is 0 Å². The van der Waals surface area contributed by atoms with Gasteiger partial charge in [0.1, 0.15) is 5.58 Å². The van der Waals surface area contributed by atoms with Gasteiger partial charge in [-0.05, 0) is 76.7 Å². The summed E-state index contributed by atoms with van der Waals surface area (Å²) < 4.78 is 16.9. The van der Waals surface area contributed by atoms with E-state index < -0.39 is 0 Å². The Hall–Kier alpha value is -5.61. The lowest BCUT2D eigenvalue weighted by molar-refractivity contribution is 0.0967. The molecule has 47 heavy (non-hydrogen) atoms. The summed E-state index contributed by atoms with van der Waals surface area (Å²) in [6, 6.07) is 28.3. The van der Waals surface area contributed by atoms with Crippen LogP contribution in [0.25, 0.3) is 28.0 Å². The number of carbonyl (C=O) groups excluding carboxylic acids is 1. The van der Waals surface area contributed by atoms with Crippen LogP contribution in [0.15, 0.2) is 100 Å². The lowest BCUT2D eigenvalue weighted by atomic mass is 9.99. The van der Waals surface area contributed by atoms with Crippen LogP contribution >= 0.6 is 0 Å². The van der Waals surface area contributed by atoms with E-state index in [4.69, 9.17) is 13.9 Å². The molecule has 10 heteroatoms. The van der Waals surface area contributed by atoms with Crippen molar-refractivity contribution in [3.8, 4) is 28.6 Å². The summed E-state index contributed by atoms with van der Waals surface area (Å²) in [6.07, 6.45) is 1.94. The van der Waals surface area contributed by atoms with Crippen LogP contribution in [0.2, 0.25) is 0 Å². The third kappa shape index (κ3) is 6.28. The van der Waals surface area contributed by atoms with Crippen LogP contribution < -0.4 is 14.9 Å². The molecule has 0 unspecified atom stereocenters. The van der Waals surface area contributed by atoms with Crippen LogP contribution in [0.1, 0.15) is 32.8 Å². The van der Waals surface area contributed by atoms with Crippen molar-refractivity contribution in [2.24, 2.45) is 0 Å². The smallest absolute Gasteiger partial charge is 0.205 e. The van der Waals surface area contributed by atoms with Gasteiger partial charge in [-0.1, -0.05) is 48.5 Å². The molecule has 0 spiro atoms. The highest BCUT2D eigenvalue weighted by Gasteiger charge is 2.22. The minimum Gasteiger partial charge on any atom is -0.493 e. The molecule has 3 heterocycles. The van der Waals surface area contributed by atoms with Gasteiger partial charge < -0.3 is 13.9 Å². The molecule has 2 aromatic heterocycles. The number of para-hydroxylation sites is 1. The molecule has 6 aromatic rings. The first-order chi connectivity index (χ1) is 23.0. The van der Waals surface area contributed by atoms with E-state index >= 15 is 0 Å². The third-order valence-corrected chi connectivity index (χ3v) is 8.62. The van der Waals surface area contributed by atoms with E-state index in [1.807, 2.05) is 12.1 Å². The zero-order chi connectivity index (χ0) is 32.3. The minimum absolute atomic E-state index is 0.0313. The number of benzene rings is 4. The molecule has 0 radical (unpaired) electrons. The number of carbonyl (C=O) groups is 1. The summed E-state index contributed by atoms with van der Waals surface area (Å²) in [4.78, 5) is 30.1. The summed E-state index contributed by atoms with van der Waals surface area (Å²) in [7, 11) is 3.06. The van der Waals surface area contributed by atoms with Crippen LogP contribution in [0.5, 0.6) is 11.5 Å². The van der Waals surface area contributed by atoms with Gasteiger partial charge >= 0.3 is 0 Å². The van der Waals surface area contributed by atoms with E-state index in [1.54, 1.807) is 36.4 Å². The molecule has 0 bridgehead atoms. The van der Waals surface area contributed by atoms with E-state index in [-0.39, 0.29) is 23.4 Å². The number of fused-ring (bicyclic) bond motifs is 2. The monoisotopic (exact) mass is 627 g/mol. The van der Waals surface area contributed by atoms with Crippen molar-refractivity contribution in [1.29, 1.82) is 0 Å². The molecule has 236 valence electrons. The molecule has 4 aromatic carbocycles. The molecule has 0 saturated heterocycles. The van der Waals surface area contributed by atoms with Gasteiger partial charge in [0.15, 0.2) is 22.7 Å². The van der Waals surface area contributed by atoms with Crippen LogP contribution in [0, 0.1) is 0 Å². The topological polar surface area (TPSA) is 113 Å². The number of ketones is 1. The largest absolute Gasteiger partial charge is 0.493 e. The van der Waals surface area contributed by atoms with Gasteiger partial charge in [0.2, 0.25) is 11.6 Å². The first-order valence-electron chi connectivity index (χ1n) is 15.5. The molecule has 1 aliphatic heterocycles. The second-order valence-electron chi connectivity index (χ2n) is 11.5. The number of methoxy groups -OCH3 is 2. The van der Waals surface area contributed by atoms with Crippen molar-refractivity contribution >= 4 is 16.8 Å². The van der Waals surface area contributed by atoms with E-state index in [1.165, 1.54) is 41.8 Å². The Labute approximate surface area is 271 Å². The zero-order valence-corrected chi connectivity index (χ0v) is 26.2. The molecule has 0 amide bonds. The normalized spacial score (nSPS) is 13.0. The SMILES string of the molecule is COc1cc(CC(=O)c2cc(=O)c3ccccc3o2)c(-c2nnn(-c3ccc(CCN4CCc5ccccc5C4)cc3)n2)cc1OC. The Balaban J connectivity index is 1.10. The fraction of sp³-hybridized carbons (Fsp3) is 0.216. The van der Waals surface area contributed by atoms with Crippen LogP contribution in [-0.4, -0.2) is 58.2 Å². The van der Waals surface area contributed by atoms with Crippen molar-refractivity contribution in [2.75, 3.05) is 27.3 Å². The van der Waals surface area contributed by atoms with Crippen LogP contribution in [0.3, 0.4) is 0 Å². The van der Waals surface area contributed by atoms with Crippen molar-refractivity contribution in [2.45, 2.75) is 25.8 Å². The number of aromatic nitrogens is 4. The fourth-order valence-electron chi connectivity index (χ4n) is 6.04. The average Bonchev–Trinajstić information content (AvgIpc) is 3.61. The number of nitrogens with zero attached hydrogens (tertiary/aromatic N) is 5. The Morgan fingerprint density at radius 3 is 2.45 bits per heavy atom. The molecule has 1 aliphatic rings. The molecular weight excluding hydrogens is 594 g/mol. The highest BCUT2D eigenvalue weighted by atomic mass is 16.5. The minimum atomic E-state index is -0.377. The predicted octanol–water partition coefficient (Wildman–Crippen LogP) is 5.48. The zero-order valence-electron chi connectivity index (χ0n) is 26.2. The maximum absolute atomic E-state index is 13.4. The lowest BCUT2D eigenvalue weighted by Gasteiger charge is -2.28. The van der Waals surface area contributed by atoms with Crippen molar-refractivity contribution in [3.63, 3.8) is 0 Å². The van der Waals surface area contributed by atoms with Gasteiger partial charge in [-0.3, -0.25) is 14.5 Å². The standard InChI is InChI=1S/C37H33N5O5/c1-45-35-20-27(19-32(44)34-22-31(43)29-9-5-6-10-33(29)47-34)30(21-36(35)46-2)37-38-40-42(39-37)28-13-11-24(12-14-28)15-17-41-18-16-25-7-3-4-8-26(25)23-41/h3-14,20-22H,15-19,23H2,1-2H3. The molecule has 7 rings (SSSR count). The number of ether oxygens (including phenoxy) is 2. The first-order valence-corrected chi connectivity index (χ1v) is 15.5. The van der Waals surface area contributed by atoms with E-state index in [2.05, 4.69) is 56.7 Å². The number of hydrogen-bond donors (Lipinski definition) is 0. The quantitative estimate of drug-likeness (QED) is 0.182. The molecule has 0 saturated carbocycles. The maximum Gasteiger partial charge on any atom is 0.205 e. The summed E-state index contributed by atoms with van der Waals surface area (Å²) in [5.74, 6) is 0.794. The van der Waals surface area contributed by atoms with Crippen molar-refractivity contribution < 1.29 is 18.7 Å². The molecule has 0 aliphatic carbocycles. The Kier molecular flexibility index (Phi) is 8.33. The summed E-state index contributed by atoms with van der Waals surface area (Å²) in [5.41, 5.74) is 6.05. The van der Waals surface area contributed by atoms with Gasteiger partial charge in [0.05, 0.1) is 25.3 Å². The lowest BCUT2D eigenvalue weighted by Crippen LogP contribution is -2.32. The molecule has 0 atom stereocenters. The van der Waals surface area contributed by atoms with Gasteiger partial charge in [-0.15, -0.1) is 15.0 Å². The molecule has 10 nitrogen and oxygen atoms in total. The second kappa shape index (κ2) is 13.0. The average molecular weight is 628 g/mol. The number of rotatable bonds is 10. The Bertz CT molecular complexity index is 2140. The fourth-order valence-corrected chi connectivity index (χ4v) is 6.04. The second-order valence-corrected chi connectivity index (χ2v) is 11.5. The Morgan fingerprint density at radius 2 is 1.64 bits per heavy atom. The van der Waals surface area contributed by atoms with E-state index in [0.717, 1.165) is 38.2 Å². The number of Topliss-reactive ketones (excluding diaryl/α,β-unsaturated/α-hetero) is 1. The summed E-state index contributed by atoms with van der Waals surface area (Å²) in [5, 5.41) is 13.7. The van der Waals surface area contributed by atoms with E-state index in [0.29, 0.717) is 39.4 Å². The molecule has 0 fully saturated rings. The van der Waals surface area contributed by atoms with Crippen LogP contribution in [-0.2, 0) is 25.8 Å². The maximum atomic E-state index is 13.4. The Morgan fingerprint density at radius 1 is 0.894 bits per heavy atom. The van der Waals surface area contributed by atoms with Gasteiger partial charge in [0.25, 0.3) is 0 Å². The van der Waals surface area contributed by atoms with Gasteiger partial charge in [-0.2, -0.15) is 0 Å². The van der Waals surface area contributed by atoms with Gasteiger partial charge in [-0.25, -0.2) is 0 Å². The van der Waals surface area contributed by atoms with Crippen molar-refractivity contribution in [3.05, 3.63) is 129 Å². The van der Waals surface area contributed by atoms with Crippen molar-refractivity contribution in [1.82, 2.24) is 25.1 Å². The number of hydrogen-bond acceptors (Lipinski definition) is 9. The molecule has 0 N–H and O–H groups in total. The molecular formula is C37H33N5O5. The third-order valence-electron chi connectivity index (χ3n) is 8.62. The van der Waals surface area contributed by atoms with E-state index in [9.17, 15) is 9.59 Å². The van der Waals surface area contributed by atoms with Gasteiger partial charge in [0, 0.05) is 37.7 Å². The highest BCUT2D eigenvalue weighted by Crippen LogP contribution is 2.35. The highest BCUT2D eigenvalue weighted by molar-refractivity contribution is 5.97. The number of tetrazole rings is 1. The summed E-state index contributed by atoms with van der Waals surface area (Å²) in [6.45, 7) is 3.05. The summed E-state index contributed by atoms with van der Waals surface area (Å²) >= 11 is 0. The first kappa shape index (κ1) is 30.1.